The molecule has 0 unspecified atom stereocenters. The Labute approximate surface area is 140 Å². The highest BCUT2D eigenvalue weighted by molar-refractivity contribution is 5.96. The summed E-state index contributed by atoms with van der Waals surface area (Å²) in [6.07, 6.45) is 3.76. The lowest BCUT2D eigenvalue weighted by molar-refractivity contribution is -0.156. The van der Waals surface area contributed by atoms with Crippen LogP contribution in [0.25, 0.3) is 0 Å². The van der Waals surface area contributed by atoms with Gasteiger partial charge in [-0.1, -0.05) is 0 Å². The third-order valence-corrected chi connectivity index (χ3v) is 5.62. The van der Waals surface area contributed by atoms with Crippen LogP contribution in [0.3, 0.4) is 0 Å². The molecule has 1 amide bonds. The van der Waals surface area contributed by atoms with E-state index in [1.54, 1.807) is 18.2 Å². The summed E-state index contributed by atoms with van der Waals surface area (Å²) < 4.78 is 11.0. The number of fused-ring (bicyclic) bond motifs is 4. The van der Waals surface area contributed by atoms with Gasteiger partial charge in [0.15, 0.2) is 11.5 Å². The molecule has 2 atom stereocenters. The first kappa shape index (κ1) is 15.3. The molecule has 24 heavy (non-hydrogen) atoms. The van der Waals surface area contributed by atoms with Crippen molar-refractivity contribution in [2.45, 2.75) is 25.7 Å². The van der Waals surface area contributed by atoms with Gasteiger partial charge in [-0.25, -0.2) is 0 Å². The number of carbonyl (C=O) groups excluding carboxylic acids is 1. The predicted molar refractivity (Wildman–Crippen MR) is 86.1 cm³/mol. The largest absolute Gasteiger partial charge is 0.486 e. The number of benzene rings is 1. The van der Waals surface area contributed by atoms with E-state index < -0.39 is 17.8 Å². The fourth-order valence-electron chi connectivity index (χ4n) is 4.53. The molecule has 0 spiro atoms. The average molecular weight is 331 g/mol. The molecule has 3 aliphatic carbocycles. The molecule has 0 radical (unpaired) electrons. The highest BCUT2D eigenvalue weighted by Crippen LogP contribution is 2.49. The molecule has 3 saturated carbocycles. The molecule has 0 saturated heterocycles. The molecule has 1 aromatic rings. The van der Waals surface area contributed by atoms with Crippen LogP contribution in [0.15, 0.2) is 18.2 Å². The minimum atomic E-state index is -0.841. The van der Waals surface area contributed by atoms with E-state index in [0.29, 0.717) is 30.4 Å². The summed E-state index contributed by atoms with van der Waals surface area (Å²) in [5, 5.41) is 12.5. The second kappa shape index (κ2) is 6.00. The van der Waals surface area contributed by atoms with Gasteiger partial charge in [-0.15, -0.1) is 0 Å². The van der Waals surface area contributed by atoms with Gasteiger partial charge in [-0.05, 0) is 49.7 Å². The smallest absolute Gasteiger partial charge is 0.307 e. The second-order valence-electron chi connectivity index (χ2n) is 6.91. The summed E-state index contributed by atoms with van der Waals surface area (Å²) in [5.74, 6) is -0.451. The molecule has 2 bridgehead atoms. The fraction of sp³-hybridized carbons (Fsp3) is 0.556. The van der Waals surface area contributed by atoms with Crippen LogP contribution in [-0.4, -0.2) is 30.2 Å². The number of rotatable bonds is 3. The number of carbonyl (C=O) groups is 2. The summed E-state index contributed by atoms with van der Waals surface area (Å²) >= 11 is 0. The zero-order valence-corrected chi connectivity index (χ0v) is 13.4. The Morgan fingerprint density at radius 1 is 0.958 bits per heavy atom. The van der Waals surface area contributed by atoms with Gasteiger partial charge < -0.3 is 19.9 Å². The summed E-state index contributed by atoms with van der Waals surface area (Å²) in [7, 11) is 0. The van der Waals surface area contributed by atoms with Crippen LogP contribution in [0.4, 0.5) is 5.69 Å². The number of carboxylic acids is 1. The zero-order chi connectivity index (χ0) is 16.7. The third kappa shape index (κ3) is 2.60. The van der Waals surface area contributed by atoms with Crippen molar-refractivity contribution in [2.75, 3.05) is 18.5 Å². The SMILES string of the molecule is O=C(O)[C@@H]1C2CCC(CC2)[C@@H]1C(=O)Nc1ccc2c(c1)OCCO2. The summed E-state index contributed by atoms with van der Waals surface area (Å²) in [6, 6.07) is 5.28. The number of nitrogens with one attached hydrogen (secondary N) is 1. The quantitative estimate of drug-likeness (QED) is 0.889. The molecule has 1 aromatic carbocycles. The molecule has 2 N–H and O–H groups in total. The average Bonchev–Trinajstić information content (AvgIpc) is 2.61. The first-order valence-electron chi connectivity index (χ1n) is 8.57. The third-order valence-electron chi connectivity index (χ3n) is 5.62. The van der Waals surface area contributed by atoms with Crippen molar-refractivity contribution in [1.82, 2.24) is 0 Å². The minimum Gasteiger partial charge on any atom is -0.486 e. The van der Waals surface area contributed by atoms with Crippen LogP contribution in [-0.2, 0) is 9.59 Å². The molecule has 1 aliphatic heterocycles. The Morgan fingerprint density at radius 3 is 2.25 bits per heavy atom. The maximum Gasteiger partial charge on any atom is 0.307 e. The lowest BCUT2D eigenvalue weighted by atomic mass is 9.58. The van der Waals surface area contributed by atoms with Crippen LogP contribution in [0.5, 0.6) is 11.5 Å². The molecule has 6 heteroatoms. The number of carboxylic acid groups (broad SMARTS) is 1. The second-order valence-corrected chi connectivity index (χ2v) is 6.91. The Bertz CT molecular complexity index is 665. The highest BCUT2D eigenvalue weighted by atomic mass is 16.6. The van der Waals surface area contributed by atoms with Gasteiger partial charge in [0.1, 0.15) is 13.2 Å². The number of ether oxygens (including phenoxy) is 2. The number of amides is 1. The molecule has 0 aromatic heterocycles. The van der Waals surface area contributed by atoms with Crippen molar-refractivity contribution in [1.29, 1.82) is 0 Å². The van der Waals surface area contributed by atoms with Crippen LogP contribution >= 0.6 is 0 Å². The molecule has 5 rings (SSSR count). The molecule has 128 valence electrons. The number of aliphatic carboxylic acids is 1. The van der Waals surface area contributed by atoms with Gasteiger partial charge in [-0.3, -0.25) is 9.59 Å². The number of hydrogen-bond donors (Lipinski definition) is 2. The minimum absolute atomic E-state index is 0.128. The van der Waals surface area contributed by atoms with Crippen LogP contribution < -0.4 is 14.8 Å². The van der Waals surface area contributed by atoms with E-state index in [4.69, 9.17) is 9.47 Å². The monoisotopic (exact) mass is 331 g/mol. The molecule has 4 aliphatic rings. The van der Waals surface area contributed by atoms with E-state index >= 15 is 0 Å². The zero-order valence-electron chi connectivity index (χ0n) is 13.4. The molecule has 1 heterocycles. The van der Waals surface area contributed by atoms with Crippen molar-refractivity contribution in [3.05, 3.63) is 18.2 Å². The van der Waals surface area contributed by atoms with Crippen molar-refractivity contribution in [3.8, 4) is 11.5 Å². The molecular formula is C18H21NO5. The maximum atomic E-state index is 12.8. The predicted octanol–water partition coefficient (Wildman–Crippen LogP) is 2.53. The van der Waals surface area contributed by atoms with Gasteiger partial charge in [0.25, 0.3) is 0 Å². The standard InChI is InChI=1S/C18H21NO5/c20-17(15-10-1-3-11(4-2-10)16(15)18(21)22)19-12-5-6-13-14(9-12)24-8-7-23-13/h5-6,9-11,15-16H,1-4,7-8H2,(H,19,20)(H,21,22)/t10?,11?,15-,16+/m0/s1. The van der Waals surface area contributed by atoms with Crippen LogP contribution in [0.1, 0.15) is 25.7 Å². The van der Waals surface area contributed by atoms with Crippen molar-refractivity contribution in [3.63, 3.8) is 0 Å². The summed E-state index contributed by atoms with van der Waals surface area (Å²) in [4.78, 5) is 24.5. The highest BCUT2D eigenvalue weighted by Gasteiger charge is 2.50. The molecule has 3 fully saturated rings. The Kier molecular flexibility index (Phi) is 3.82. The van der Waals surface area contributed by atoms with E-state index in [1.807, 2.05) is 0 Å². The number of anilines is 1. The van der Waals surface area contributed by atoms with Gasteiger partial charge in [0.2, 0.25) is 5.91 Å². The molecular weight excluding hydrogens is 310 g/mol. The first-order valence-corrected chi connectivity index (χ1v) is 8.57. The number of hydrogen-bond acceptors (Lipinski definition) is 4. The Balaban J connectivity index is 1.54. The maximum absolute atomic E-state index is 12.8. The van der Waals surface area contributed by atoms with Gasteiger partial charge in [0.05, 0.1) is 11.8 Å². The summed E-state index contributed by atoms with van der Waals surface area (Å²) in [5.41, 5.74) is 0.620. The van der Waals surface area contributed by atoms with Crippen molar-refractivity contribution < 1.29 is 24.2 Å². The van der Waals surface area contributed by atoms with Gasteiger partial charge >= 0.3 is 5.97 Å². The van der Waals surface area contributed by atoms with Crippen molar-refractivity contribution in [2.24, 2.45) is 23.7 Å². The van der Waals surface area contributed by atoms with Crippen LogP contribution in [0.2, 0.25) is 0 Å². The van der Waals surface area contributed by atoms with Crippen LogP contribution in [0, 0.1) is 23.7 Å². The van der Waals surface area contributed by atoms with E-state index in [-0.39, 0.29) is 17.7 Å². The molecule has 6 nitrogen and oxygen atoms in total. The van der Waals surface area contributed by atoms with E-state index in [9.17, 15) is 14.7 Å². The van der Waals surface area contributed by atoms with Gasteiger partial charge in [0, 0.05) is 11.8 Å². The summed E-state index contributed by atoms with van der Waals surface area (Å²) in [6.45, 7) is 1.00. The van der Waals surface area contributed by atoms with Crippen molar-refractivity contribution >= 4 is 17.6 Å². The Hall–Kier alpha value is -2.24. The van der Waals surface area contributed by atoms with Gasteiger partial charge in [-0.2, -0.15) is 0 Å². The Morgan fingerprint density at radius 2 is 1.58 bits per heavy atom. The van der Waals surface area contributed by atoms with E-state index in [1.165, 1.54) is 0 Å². The topological polar surface area (TPSA) is 84.9 Å². The normalized spacial score (nSPS) is 30.7. The van der Waals surface area contributed by atoms with E-state index in [0.717, 1.165) is 25.7 Å². The van der Waals surface area contributed by atoms with E-state index in [2.05, 4.69) is 5.32 Å². The first-order chi connectivity index (χ1) is 11.6. The lowest BCUT2D eigenvalue weighted by Gasteiger charge is -2.45. The lowest BCUT2D eigenvalue weighted by Crippen LogP contribution is -2.49. The fourth-order valence-corrected chi connectivity index (χ4v) is 4.53.